The summed E-state index contributed by atoms with van der Waals surface area (Å²) < 4.78 is 14.6. The number of carboxylic acids is 2. The van der Waals surface area contributed by atoms with Gasteiger partial charge in [0.05, 0.1) is 6.42 Å². The quantitative estimate of drug-likeness (QED) is 0.349. The van der Waals surface area contributed by atoms with Crippen LogP contribution >= 0.6 is 0 Å². The summed E-state index contributed by atoms with van der Waals surface area (Å²) in [6.07, 6.45) is -2.54. The average molecular weight is 233 g/mol. The summed E-state index contributed by atoms with van der Waals surface area (Å²) in [6.45, 7) is 0. The van der Waals surface area contributed by atoms with Crippen LogP contribution in [0.4, 0.5) is 0 Å². The number of hydrogen-bond acceptors (Lipinski definition) is 5. The third kappa shape index (κ3) is 12.2. The molecule has 0 rings (SSSR count). The molecule has 0 aliphatic carbocycles. The Kier molecular flexibility index (Phi) is 9.96. The predicted octanol–water partition coefficient (Wildman–Crippen LogP) is -2.21. The van der Waals surface area contributed by atoms with Gasteiger partial charge in [0.25, 0.3) is 0 Å². The molecular formula is C4H8O7Zn. The molecule has 0 fully saturated rings. The number of aliphatic hydroxyl groups excluding tert-OH is 1. The monoisotopic (exact) mass is 232 g/mol. The summed E-state index contributed by atoms with van der Waals surface area (Å²) in [4.78, 5) is 19.4. The molecule has 8 heteroatoms. The second-order valence-electron chi connectivity index (χ2n) is 1.59. The van der Waals surface area contributed by atoms with Crippen LogP contribution in [0.2, 0.25) is 0 Å². The van der Waals surface area contributed by atoms with E-state index in [1.807, 2.05) is 0 Å². The number of carboxylic acid groups (broad SMARTS) is 2. The second kappa shape index (κ2) is 8.54. The Balaban J connectivity index is 0. The van der Waals surface area contributed by atoms with Crippen molar-refractivity contribution in [3.05, 3.63) is 0 Å². The Hall–Kier alpha value is -0.557. The molecule has 0 aliphatic heterocycles. The maximum absolute atomic E-state index is 9.72. The minimum absolute atomic E-state index is 0.755. The fourth-order valence-electron chi connectivity index (χ4n) is 0.253. The molecule has 12 heavy (non-hydrogen) atoms. The van der Waals surface area contributed by atoms with Crippen LogP contribution in [0.3, 0.4) is 0 Å². The first-order valence-corrected chi connectivity index (χ1v) is 5.45. The molecule has 0 saturated carbocycles. The van der Waals surface area contributed by atoms with Crippen LogP contribution in [0.1, 0.15) is 6.42 Å². The van der Waals surface area contributed by atoms with Gasteiger partial charge in [0.1, 0.15) is 0 Å². The van der Waals surface area contributed by atoms with Crippen LogP contribution in [-0.2, 0) is 27.4 Å². The minimum atomic E-state index is -1.88. The van der Waals surface area contributed by atoms with Gasteiger partial charge < -0.3 is 15.3 Å². The topological polar surface area (TPSA) is 135 Å². The third-order valence-electron chi connectivity index (χ3n) is 0.653. The summed E-state index contributed by atoms with van der Waals surface area (Å²) in [7, 11) is 0. The molecular weight excluding hydrogens is 225 g/mol. The molecule has 0 heterocycles. The number of aliphatic hydroxyl groups is 1. The zero-order chi connectivity index (χ0) is 10.1. The van der Waals surface area contributed by atoms with Gasteiger partial charge in [-0.25, -0.2) is 4.79 Å². The van der Waals surface area contributed by atoms with E-state index in [-0.39, 0.29) is 0 Å². The maximum atomic E-state index is 9.72. The molecule has 1 atom stereocenters. The van der Waals surface area contributed by atoms with Crippen molar-refractivity contribution in [2.45, 2.75) is 12.5 Å². The number of aliphatic carboxylic acids is 2. The molecule has 0 aliphatic rings. The molecule has 0 aromatic rings. The Labute approximate surface area is 75.7 Å². The summed E-state index contributed by atoms with van der Waals surface area (Å²) in [5.74, 6) is -2.85. The van der Waals surface area contributed by atoms with E-state index < -0.39 is 42.3 Å². The summed E-state index contributed by atoms with van der Waals surface area (Å²) in [5.41, 5.74) is 0. The first-order chi connectivity index (χ1) is 5.45. The fourth-order valence-corrected chi connectivity index (χ4v) is 0.253. The van der Waals surface area contributed by atoms with Crippen molar-refractivity contribution < 1.29 is 50.6 Å². The fraction of sp³-hybridized carbons (Fsp3) is 0.500. The first-order valence-electron chi connectivity index (χ1n) is 2.80. The first kappa shape index (κ1) is 14.0. The van der Waals surface area contributed by atoms with Gasteiger partial charge in [0.15, 0.2) is 6.10 Å². The van der Waals surface area contributed by atoms with Crippen molar-refractivity contribution in [2.75, 3.05) is 0 Å². The van der Waals surface area contributed by atoms with E-state index in [0.29, 0.717) is 0 Å². The average Bonchev–Trinajstić information content (AvgIpc) is 1.87. The second-order valence-corrected chi connectivity index (χ2v) is 2.19. The Morgan fingerprint density at radius 1 is 1.25 bits per heavy atom. The van der Waals surface area contributed by atoms with Crippen molar-refractivity contribution in [3.63, 3.8) is 0 Å². The zero-order valence-corrected chi connectivity index (χ0v) is 9.01. The Morgan fingerprint density at radius 2 is 1.58 bits per heavy atom. The van der Waals surface area contributed by atoms with E-state index in [9.17, 15) is 9.59 Å². The van der Waals surface area contributed by atoms with Crippen molar-refractivity contribution >= 4 is 11.9 Å². The van der Waals surface area contributed by atoms with Gasteiger partial charge in [-0.05, 0) is 0 Å². The molecule has 7 nitrogen and oxygen atoms in total. The zero-order valence-electron chi connectivity index (χ0n) is 6.04. The predicted molar refractivity (Wildman–Crippen MR) is 30.3 cm³/mol. The molecule has 68 valence electrons. The third-order valence-corrected chi connectivity index (χ3v) is 0.653. The molecule has 0 bridgehead atoms. The van der Waals surface area contributed by atoms with Gasteiger partial charge in [0.2, 0.25) is 0 Å². The van der Waals surface area contributed by atoms with Crippen LogP contribution in [0.5, 0.6) is 0 Å². The van der Waals surface area contributed by atoms with Crippen molar-refractivity contribution in [2.24, 2.45) is 0 Å². The van der Waals surface area contributed by atoms with Gasteiger partial charge >= 0.3 is 37.7 Å². The Bertz CT molecular complexity index is 146. The van der Waals surface area contributed by atoms with Crippen LogP contribution in [-0.4, -0.2) is 41.2 Å². The van der Waals surface area contributed by atoms with Crippen LogP contribution in [0.15, 0.2) is 0 Å². The SMILES string of the molecule is O=C(O)CC(O)C(=O)O.[OH][Zn][OH]. The van der Waals surface area contributed by atoms with E-state index in [1.54, 1.807) is 0 Å². The molecule has 0 spiro atoms. The summed E-state index contributed by atoms with van der Waals surface area (Å²) in [5, 5.41) is 24.1. The molecule has 5 N–H and O–H groups in total. The molecule has 0 saturated heterocycles. The van der Waals surface area contributed by atoms with Gasteiger partial charge in [0, 0.05) is 0 Å². The van der Waals surface area contributed by atoms with Gasteiger partial charge in [-0.3, -0.25) is 4.79 Å². The molecule has 0 radical (unpaired) electrons. The normalized spacial score (nSPS) is 10.2. The van der Waals surface area contributed by atoms with Gasteiger partial charge in [-0.15, -0.1) is 0 Å². The number of carbonyl (C=O) groups is 2. The summed E-state index contributed by atoms with van der Waals surface area (Å²) >= 11 is -1.88. The van der Waals surface area contributed by atoms with E-state index in [4.69, 9.17) is 23.2 Å². The molecule has 0 aromatic heterocycles. The Morgan fingerprint density at radius 3 is 1.67 bits per heavy atom. The van der Waals surface area contributed by atoms with Crippen molar-refractivity contribution in [1.82, 2.24) is 0 Å². The van der Waals surface area contributed by atoms with Gasteiger partial charge in [-0.1, -0.05) is 0 Å². The van der Waals surface area contributed by atoms with Crippen molar-refractivity contribution in [1.29, 1.82) is 0 Å². The number of hydrogen-bond donors (Lipinski definition) is 5. The number of rotatable bonds is 3. The van der Waals surface area contributed by atoms with E-state index in [0.717, 1.165) is 0 Å². The van der Waals surface area contributed by atoms with E-state index >= 15 is 0 Å². The van der Waals surface area contributed by atoms with E-state index in [2.05, 4.69) is 0 Å². The van der Waals surface area contributed by atoms with Crippen LogP contribution in [0.25, 0.3) is 0 Å². The van der Waals surface area contributed by atoms with Crippen molar-refractivity contribution in [3.8, 4) is 0 Å². The molecule has 0 aromatic carbocycles. The summed E-state index contributed by atoms with van der Waals surface area (Å²) in [6, 6.07) is 0. The van der Waals surface area contributed by atoms with E-state index in [1.165, 1.54) is 0 Å². The molecule has 0 amide bonds. The van der Waals surface area contributed by atoms with Crippen LogP contribution < -0.4 is 0 Å². The standard InChI is InChI=1S/C4H6O5.2H2O.Zn/c5-2(4(8)9)1-3(6)7;;;/h2,5H,1H2,(H,6,7)(H,8,9);2*1H2;/q;;;+2/p-2. The van der Waals surface area contributed by atoms with Crippen LogP contribution in [0, 0.1) is 0 Å². The van der Waals surface area contributed by atoms with Gasteiger partial charge in [-0.2, -0.15) is 0 Å². The molecule has 1 unspecified atom stereocenters.